The summed E-state index contributed by atoms with van der Waals surface area (Å²) in [5, 5.41) is 17.9. The van der Waals surface area contributed by atoms with Crippen LogP contribution in [0.5, 0.6) is 0 Å². The molecule has 0 saturated heterocycles. The van der Waals surface area contributed by atoms with Crippen LogP contribution in [0.2, 0.25) is 0 Å². The summed E-state index contributed by atoms with van der Waals surface area (Å²) in [6, 6.07) is 0.477. The number of hydrogen-bond donors (Lipinski definition) is 5. The number of amides is 4. The van der Waals surface area contributed by atoms with Crippen molar-refractivity contribution in [1.82, 2.24) is 25.1 Å². The Bertz CT molecular complexity index is 2340. The van der Waals surface area contributed by atoms with Crippen LogP contribution < -0.4 is 27.7 Å². The average Bonchev–Trinajstić information content (AvgIpc) is 3.56. The zero-order valence-electron chi connectivity index (χ0n) is 36.0. The quantitative estimate of drug-likeness (QED) is 0.0853. The van der Waals surface area contributed by atoms with Crippen molar-refractivity contribution in [2.24, 2.45) is 17.4 Å². The second kappa shape index (κ2) is 17.5. The van der Waals surface area contributed by atoms with Gasteiger partial charge in [-0.05, 0) is 101 Å². The number of unbranched alkanes of at least 4 members (excludes halogenated alkanes) is 1. The van der Waals surface area contributed by atoms with Crippen molar-refractivity contribution in [3.8, 4) is 11.4 Å². The van der Waals surface area contributed by atoms with E-state index in [9.17, 15) is 33.9 Å². The number of fused-ring (bicyclic) bond motifs is 5. The maximum atomic E-state index is 15.4. The summed E-state index contributed by atoms with van der Waals surface area (Å²) in [4.78, 5) is 85.4. The lowest BCUT2D eigenvalue weighted by Gasteiger charge is -2.33. The predicted molar refractivity (Wildman–Crippen MR) is 223 cm³/mol. The van der Waals surface area contributed by atoms with E-state index in [0.717, 1.165) is 5.56 Å². The van der Waals surface area contributed by atoms with Crippen LogP contribution in [0.4, 0.5) is 9.18 Å². The molecule has 4 atom stereocenters. The van der Waals surface area contributed by atoms with Crippen LogP contribution in [0.25, 0.3) is 22.3 Å². The fraction of sp³-hybridized carbons (Fsp3) is 0.568. The number of pyridine rings is 2. The third kappa shape index (κ3) is 8.85. The van der Waals surface area contributed by atoms with Gasteiger partial charge in [-0.1, -0.05) is 20.8 Å². The molecule has 3 aromatic rings. The molecule has 0 radical (unpaired) electrons. The van der Waals surface area contributed by atoms with Gasteiger partial charge in [0.05, 0.1) is 41.1 Å². The smallest absolute Gasteiger partial charge is 0.407 e. The topological polar surface area (TPSA) is 238 Å². The normalized spacial score (nSPS) is 18.7. The number of aliphatic hydroxyl groups is 1. The van der Waals surface area contributed by atoms with E-state index in [1.165, 1.54) is 15.5 Å². The van der Waals surface area contributed by atoms with E-state index in [-0.39, 0.29) is 74.9 Å². The summed E-state index contributed by atoms with van der Waals surface area (Å²) in [5.41, 5.74) is 13.1. The van der Waals surface area contributed by atoms with Gasteiger partial charge < -0.3 is 46.1 Å². The molecule has 1 aliphatic carbocycles. The zero-order valence-corrected chi connectivity index (χ0v) is 36.0. The number of nitrogens with zero attached hydrogens (tertiary/aromatic N) is 3. The largest absolute Gasteiger partial charge is 0.458 e. The Balaban J connectivity index is 1.23. The van der Waals surface area contributed by atoms with Crippen LogP contribution in [-0.4, -0.2) is 80.1 Å². The highest BCUT2D eigenvalue weighted by Gasteiger charge is 2.46. The number of aromatic nitrogens is 2. The van der Waals surface area contributed by atoms with Gasteiger partial charge in [0.25, 0.3) is 5.56 Å². The number of benzene rings is 1. The number of halogens is 1. The number of carbonyl (C=O) groups excluding carboxylic acids is 5. The number of alkyl carbamates (subject to hydrolysis) is 1. The second-order valence-electron chi connectivity index (χ2n) is 17.7. The van der Waals surface area contributed by atoms with Crippen LogP contribution >= 0.6 is 0 Å². The summed E-state index contributed by atoms with van der Waals surface area (Å²) >= 11 is 0. The lowest BCUT2D eigenvalue weighted by Crippen LogP contribution is -2.55. The van der Waals surface area contributed by atoms with Gasteiger partial charge in [-0.25, -0.2) is 19.0 Å². The number of aryl methyl sites for hydroxylation is 1. The van der Waals surface area contributed by atoms with Crippen LogP contribution in [0.3, 0.4) is 0 Å². The van der Waals surface area contributed by atoms with Gasteiger partial charge in [-0.2, -0.15) is 0 Å². The molecule has 0 spiro atoms. The van der Waals surface area contributed by atoms with Gasteiger partial charge >= 0.3 is 12.1 Å². The minimum atomic E-state index is -2.03. The number of nitrogens with two attached hydrogens (primary N) is 2. The van der Waals surface area contributed by atoms with Gasteiger partial charge in [-0.3, -0.25) is 19.2 Å². The Hall–Kier alpha value is -5.42. The van der Waals surface area contributed by atoms with Crippen molar-refractivity contribution in [2.45, 2.75) is 142 Å². The highest BCUT2D eigenvalue weighted by Crippen LogP contribution is 2.46. The third-order valence-corrected chi connectivity index (χ3v) is 12.1. The molecular weight excluding hydrogens is 790 g/mol. The molecule has 16 nitrogen and oxygen atoms in total. The number of hydrogen-bond acceptors (Lipinski definition) is 11. The fourth-order valence-corrected chi connectivity index (χ4v) is 8.69. The monoisotopic (exact) mass is 847 g/mol. The summed E-state index contributed by atoms with van der Waals surface area (Å²) in [6.45, 7) is 12.3. The summed E-state index contributed by atoms with van der Waals surface area (Å²) < 4.78 is 27.4. The molecule has 17 heteroatoms. The van der Waals surface area contributed by atoms with E-state index in [2.05, 4.69) is 10.6 Å². The highest BCUT2D eigenvalue weighted by molar-refractivity contribution is 5.94. The third-order valence-electron chi connectivity index (χ3n) is 12.1. The molecule has 6 rings (SSSR count). The molecule has 0 unspecified atom stereocenters. The van der Waals surface area contributed by atoms with Crippen molar-refractivity contribution < 1.29 is 42.9 Å². The van der Waals surface area contributed by atoms with Crippen LogP contribution in [-0.2, 0) is 53.8 Å². The maximum absolute atomic E-state index is 15.4. The molecule has 4 heterocycles. The second-order valence-corrected chi connectivity index (χ2v) is 17.7. The first-order valence-corrected chi connectivity index (χ1v) is 21.1. The van der Waals surface area contributed by atoms with Gasteiger partial charge in [0.2, 0.25) is 17.7 Å². The van der Waals surface area contributed by atoms with Crippen molar-refractivity contribution in [3.05, 3.63) is 61.7 Å². The van der Waals surface area contributed by atoms with E-state index in [1.807, 2.05) is 0 Å². The molecular formula is C44H58FN7O9. The minimum absolute atomic E-state index is 0.0236. The molecule has 61 heavy (non-hydrogen) atoms. The number of primary amides is 1. The maximum Gasteiger partial charge on any atom is 0.407 e. The standard InChI is InChI=1S/C44H58FN7O9/c1-8-44(59)27-18-32-37-25(20-52(32)39(55)26(27)21-60-41(44)57)35-29(15-14-24-23(4)28(45)19-30(50-37)34(24)35)49-33(53)13-11-17-51(40(56)36(46)22(2)3)31(38(47)54)12-9-10-16-48-42(58)61-43(5,6)7/h18-19,22,29,31,36,59H,8-17,20-21,46H2,1-7H3,(H2,47,54)(H,48,58)(H,49,53)/t29-,31-,36-,44-/m0/s1. The van der Waals surface area contributed by atoms with Gasteiger partial charge in [0.15, 0.2) is 5.60 Å². The lowest BCUT2D eigenvalue weighted by atomic mass is 9.81. The Morgan fingerprint density at radius 1 is 1.13 bits per heavy atom. The number of nitrogens with one attached hydrogen (secondary N) is 2. The number of cyclic esters (lactones) is 1. The molecule has 330 valence electrons. The minimum Gasteiger partial charge on any atom is -0.458 e. The molecule has 0 saturated carbocycles. The van der Waals surface area contributed by atoms with E-state index in [0.29, 0.717) is 64.7 Å². The van der Waals surface area contributed by atoms with E-state index < -0.39 is 64.6 Å². The predicted octanol–water partition coefficient (Wildman–Crippen LogP) is 3.77. The molecule has 4 amide bonds. The van der Waals surface area contributed by atoms with Crippen molar-refractivity contribution in [2.75, 3.05) is 13.1 Å². The van der Waals surface area contributed by atoms with Crippen LogP contribution in [0.15, 0.2) is 16.9 Å². The molecule has 0 fully saturated rings. The Labute approximate surface area is 353 Å². The average molecular weight is 848 g/mol. The Morgan fingerprint density at radius 2 is 1.85 bits per heavy atom. The highest BCUT2D eigenvalue weighted by atomic mass is 19.1. The van der Waals surface area contributed by atoms with E-state index >= 15 is 4.39 Å². The Kier molecular flexibility index (Phi) is 13.0. The number of carbonyl (C=O) groups is 5. The van der Waals surface area contributed by atoms with Crippen molar-refractivity contribution in [1.29, 1.82) is 0 Å². The molecule has 3 aliphatic rings. The first-order valence-electron chi connectivity index (χ1n) is 21.1. The molecule has 0 bridgehead atoms. The van der Waals surface area contributed by atoms with E-state index in [4.69, 9.17) is 25.9 Å². The summed E-state index contributed by atoms with van der Waals surface area (Å²) in [6.07, 6.45) is 1.60. The van der Waals surface area contributed by atoms with Crippen molar-refractivity contribution in [3.63, 3.8) is 0 Å². The fourth-order valence-electron chi connectivity index (χ4n) is 8.69. The summed E-state index contributed by atoms with van der Waals surface area (Å²) in [7, 11) is 0. The van der Waals surface area contributed by atoms with Gasteiger partial charge in [0, 0.05) is 42.1 Å². The van der Waals surface area contributed by atoms with Gasteiger partial charge in [0.1, 0.15) is 24.1 Å². The molecule has 7 N–H and O–H groups in total. The number of esters is 1. The number of rotatable bonds is 15. The number of ether oxygens (including phenoxy) is 2. The first-order chi connectivity index (χ1) is 28.7. The van der Waals surface area contributed by atoms with Crippen molar-refractivity contribution >= 4 is 40.7 Å². The van der Waals surface area contributed by atoms with Crippen LogP contribution in [0, 0.1) is 18.7 Å². The first kappa shape index (κ1) is 45.1. The van der Waals surface area contributed by atoms with Gasteiger partial charge in [-0.15, -0.1) is 0 Å². The van der Waals surface area contributed by atoms with Crippen LogP contribution in [0.1, 0.15) is 126 Å². The molecule has 2 aromatic heterocycles. The SMILES string of the molecule is CC[C@@]1(O)C(=O)OCc2c1cc1n(c2=O)Cc2c-1nc1cc(F)c(C)c3c1c2[C@@H](NC(=O)CCCN(C(=O)[C@@H](N)C(C)C)[C@@H](CCCCNC(=O)OC(C)(C)C)C(N)=O)CC3. The Morgan fingerprint density at radius 3 is 2.51 bits per heavy atom. The molecule has 2 aliphatic heterocycles. The lowest BCUT2D eigenvalue weighted by molar-refractivity contribution is -0.172. The molecule has 1 aromatic carbocycles. The zero-order chi connectivity index (χ0) is 44.7. The summed E-state index contributed by atoms with van der Waals surface area (Å²) in [5.74, 6) is -3.02. The van der Waals surface area contributed by atoms with E-state index in [1.54, 1.807) is 54.5 Å².